The fourth-order valence-electron chi connectivity index (χ4n) is 5.51. The van der Waals surface area contributed by atoms with Crippen LogP contribution in [-0.2, 0) is 17.6 Å². The molecule has 0 amide bonds. The van der Waals surface area contributed by atoms with Crippen molar-refractivity contribution in [1.29, 1.82) is 0 Å². The second kappa shape index (κ2) is 7.81. The number of pyridine rings is 1. The van der Waals surface area contributed by atoms with Crippen molar-refractivity contribution in [2.24, 2.45) is 5.92 Å². The van der Waals surface area contributed by atoms with Crippen LogP contribution < -0.4 is 0 Å². The van der Waals surface area contributed by atoms with Crippen LogP contribution in [0.2, 0.25) is 0 Å². The molecule has 4 aromatic rings. The number of hydrogen-bond donors (Lipinski definition) is 0. The lowest BCUT2D eigenvalue weighted by Gasteiger charge is -2.23. The number of aromatic nitrogens is 1. The zero-order valence-corrected chi connectivity index (χ0v) is 19.2. The van der Waals surface area contributed by atoms with Crippen LogP contribution >= 0.6 is 0 Å². The van der Waals surface area contributed by atoms with Crippen molar-refractivity contribution in [2.75, 3.05) is 0 Å². The van der Waals surface area contributed by atoms with Gasteiger partial charge in [0.05, 0.1) is 11.0 Å². The average Bonchev–Trinajstić information content (AvgIpc) is 2.86. The first-order valence-corrected chi connectivity index (χ1v) is 11.9. The Kier molecular flexibility index (Phi) is 4.76. The number of fused-ring (bicyclic) bond motifs is 5. The van der Waals surface area contributed by atoms with Gasteiger partial charge < -0.3 is 0 Å². The van der Waals surface area contributed by atoms with Crippen LogP contribution in [0.15, 0.2) is 66.2 Å². The number of rotatable bonds is 3. The Morgan fingerprint density at radius 1 is 0.818 bits per heavy atom. The molecule has 0 bridgehead atoms. The maximum atomic E-state index is 12.1. The Hall–Kier alpha value is -3.52. The summed E-state index contributed by atoms with van der Waals surface area (Å²) in [6.07, 6.45) is 8.63. The number of aryl methyl sites for hydroxylation is 2. The number of hydrogen-bond acceptors (Lipinski definition) is 2. The molecule has 33 heavy (non-hydrogen) atoms. The lowest BCUT2D eigenvalue weighted by atomic mass is 9.82. The molecule has 0 N–H and O–H groups in total. The molecule has 3 aromatic carbocycles. The van der Waals surface area contributed by atoms with E-state index in [0.29, 0.717) is 0 Å². The zero-order valence-electron chi connectivity index (χ0n) is 19.2. The summed E-state index contributed by atoms with van der Waals surface area (Å²) in [7, 11) is 0. The molecule has 2 aliphatic rings. The summed E-state index contributed by atoms with van der Waals surface area (Å²) in [6.45, 7) is 3.73. The highest BCUT2D eigenvalue weighted by molar-refractivity contribution is 6.10. The summed E-state index contributed by atoms with van der Waals surface area (Å²) in [5, 5.41) is 2.43. The summed E-state index contributed by atoms with van der Waals surface area (Å²) in [5.74, 6) is 0.195. The standard InChI is InChI=1S/C31H27NO/c1-19(20(2)33)23-13-12-22-15-16-27-30(25-14-11-21-7-3-4-8-24(21)17-25)26-9-5-6-10-29(26)32-31(27)28(22)18-23/h3-10,15-19H,11-14H2,1-2H3. The second-order valence-corrected chi connectivity index (χ2v) is 9.46. The molecule has 0 saturated heterocycles. The van der Waals surface area contributed by atoms with Crippen LogP contribution in [0.25, 0.3) is 39.5 Å². The van der Waals surface area contributed by atoms with Crippen molar-refractivity contribution in [3.05, 3.63) is 94.1 Å². The third-order valence-electron chi connectivity index (χ3n) is 7.53. The van der Waals surface area contributed by atoms with Gasteiger partial charge in [-0.25, -0.2) is 4.98 Å². The van der Waals surface area contributed by atoms with Crippen LogP contribution in [0, 0.1) is 5.92 Å². The number of para-hydroxylation sites is 1. The molecule has 1 aromatic heterocycles. The summed E-state index contributed by atoms with van der Waals surface area (Å²) in [5.41, 5.74) is 11.3. The topological polar surface area (TPSA) is 30.0 Å². The van der Waals surface area contributed by atoms with Gasteiger partial charge in [-0.15, -0.1) is 0 Å². The monoisotopic (exact) mass is 429 g/mol. The zero-order chi connectivity index (χ0) is 22.5. The van der Waals surface area contributed by atoms with Crippen LogP contribution in [0.5, 0.6) is 0 Å². The number of allylic oxidation sites excluding steroid dienone is 2. The highest BCUT2D eigenvalue weighted by Gasteiger charge is 2.23. The molecule has 0 radical (unpaired) electrons. The van der Waals surface area contributed by atoms with Gasteiger partial charge in [0.1, 0.15) is 5.78 Å². The van der Waals surface area contributed by atoms with Gasteiger partial charge in [-0.2, -0.15) is 0 Å². The van der Waals surface area contributed by atoms with Crippen LogP contribution in [0.1, 0.15) is 54.5 Å². The maximum absolute atomic E-state index is 12.1. The molecule has 0 saturated carbocycles. The van der Waals surface area contributed by atoms with Gasteiger partial charge in [0.25, 0.3) is 0 Å². The Labute approximate surface area is 194 Å². The molecule has 1 atom stereocenters. The van der Waals surface area contributed by atoms with Crippen molar-refractivity contribution >= 4 is 45.3 Å². The van der Waals surface area contributed by atoms with Gasteiger partial charge in [-0.3, -0.25) is 4.79 Å². The first-order valence-electron chi connectivity index (χ1n) is 11.9. The average molecular weight is 430 g/mol. The molecule has 0 aliphatic heterocycles. The summed E-state index contributed by atoms with van der Waals surface area (Å²) >= 11 is 0. The lowest BCUT2D eigenvalue weighted by Crippen LogP contribution is -2.13. The summed E-state index contributed by atoms with van der Waals surface area (Å²) < 4.78 is 0. The molecule has 1 heterocycles. The van der Waals surface area contributed by atoms with E-state index in [1.165, 1.54) is 49.7 Å². The fraction of sp³-hybridized carbons (Fsp3) is 0.226. The maximum Gasteiger partial charge on any atom is 0.136 e. The molecule has 0 spiro atoms. The largest absolute Gasteiger partial charge is 0.299 e. The number of nitrogens with zero attached hydrogens (tertiary/aromatic N) is 1. The Balaban J connectivity index is 1.65. The predicted octanol–water partition coefficient (Wildman–Crippen LogP) is 7.43. The number of carbonyl (C=O) groups excluding carboxylic acids is 1. The molecule has 1 unspecified atom stereocenters. The van der Waals surface area contributed by atoms with E-state index >= 15 is 0 Å². The number of carbonyl (C=O) groups is 1. The minimum atomic E-state index is -0.0362. The van der Waals surface area contributed by atoms with E-state index in [0.717, 1.165) is 36.7 Å². The van der Waals surface area contributed by atoms with E-state index in [4.69, 9.17) is 4.98 Å². The molecule has 6 rings (SSSR count). The van der Waals surface area contributed by atoms with E-state index in [1.807, 2.05) is 6.92 Å². The summed E-state index contributed by atoms with van der Waals surface area (Å²) in [4.78, 5) is 17.3. The van der Waals surface area contributed by atoms with E-state index < -0.39 is 0 Å². The number of benzene rings is 3. The minimum absolute atomic E-state index is 0.0362. The number of ketones is 1. The van der Waals surface area contributed by atoms with Gasteiger partial charge in [0.2, 0.25) is 0 Å². The van der Waals surface area contributed by atoms with Crippen molar-refractivity contribution in [2.45, 2.75) is 39.5 Å². The van der Waals surface area contributed by atoms with Gasteiger partial charge in [-0.05, 0) is 66.5 Å². The Bertz CT molecular complexity index is 1500. The SMILES string of the molecule is CC(=O)C(C)C1=Cc2c(ccc3c(C4=Cc5ccccc5CC4)c4ccccc4nc23)CC1. The van der Waals surface area contributed by atoms with E-state index in [-0.39, 0.29) is 11.7 Å². The van der Waals surface area contributed by atoms with Crippen LogP contribution in [0.4, 0.5) is 0 Å². The molecular weight excluding hydrogens is 402 g/mol. The molecule has 0 fully saturated rings. The highest BCUT2D eigenvalue weighted by Crippen LogP contribution is 2.41. The Morgan fingerprint density at radius 3 is 2.48 bits per heavy atom. The van der Waals surface area contributed by atoms with Gasteiger partial charge >= 0.3 is 0 Å². The van der Waals surface area contributed by atoms with Crippen molar-refractivity contribution in [3.63, 3.8) is 0 Å². The highest BCUT2D eigenvalue weighted by atomic mass is 16.1. The quantitative estimate of drug-likeness (QED) is 0.317. The van der Waals surface area contributed by atoms with E-state index in [1.54, 1.807) is 6.92 Å². The lowest BCUT2D eigenvalue weighted by molar-refractivity contribution is -0.119. The predicted molar refractivity (Wildman–Crippen MR) is 138 cm³/mol. The fourth-order valence-corrected chi connectivity index (χ4v) is 5.51. The van der Waals surface area contributed by atoms with Crippen molar-refractivity contribution in [3.8, 4) is 0 Å². The smallest absolute Gasteiger partial charge is 0.136 e. The van der Waals surface area contributed by atoms with Crippen molar-refractivity contribution < 1.29 is 4.79 Å². The second-order valence-electron chi connectivity index (χ2n) is 9.46. The normalized spacial score (nSPS) is 16.1. The van der Waals surface area contributed by atoms with Gasteiger partial charge in [0.15, 0.2) is 0 Å². The Morgan fingerprint density at radius 2 is 1.61 bits per heavy atom. The number of Topliss-reactive ketones (excluding diaryl/α,β-unsaturated/α-hetero) is 1. The first-order chi connectivity index (χ1) is 16.1. The molecule has 2 aliphatic carbocycles. The molecule has 2 heteroatoms. The van der Waals surface area contributed by atoms with E-state index in [9.17, 15) is 4.79 Å². The third kappa shape index (κ3) is 3.33. The van der Waals surface area contributed by atoms with Gasteiger partial charge in [0, 0.05) is 22.3 Å². The first kappa shape index (κ1) is 20.1. The van der Waals surface area contributed by atoms with Crippen LogP contribution in [0.3, 0.4) is 0 Å². The summed E-state index contributed by atoms with van der Waals surface area (Å²) in [6, 6.07) is 21.8. The van der Waals surface area contributed by atoms with Gasteiger partial charge in [-0.1, -0.05) is 79.2 Å². The molecule has 2 nitrogen and oxygen atoms in total. The minimum Gasteiger partial charge on any atom is -0.299 e. The molecular formula is C31H27NO. The molecule has 162 valence electrons. The van der Waals surface area contributed by atoms with Crippen molar-refractivity contribution in [1.82, 2.24) is 4.98 Å². The van der Waals surface area contributed by atoms with E-state index in [2.05, 4.69) is 72.8 Å². The third-order valence-corrected chi connectivity index (χ3v) is 7.53. The van der Waals surface area contributed by atoms with Crippen LogP contribution in [-0.4, -0.2) is 10.8 Å².